The van der Waals surface area contributed by atoms with Crippen LogP contribution >= 0.6 is 0 Å². The second-order valence-corrected chi connectivity index (χ2v) is 1.78. The smallest absolute Gasteiger partial charge is 0.335 e. The molecule has 1 aromatic heterocycles. The van der Waals surface area contributed by atoms with E-state index >= 15 is 0 Å². The van der Waals surface area contributed by atoms with E-state index in [1.165, 1.54) is 6.26 Å². The van der Waals surface area contributed by atoms with Crippen LogP contribution in [0.5, 0.6) is 11.7 Å². The number of fused-ring (bicyclic) bond motifs is 1. The summed E-state index contributed by atoms with van der Waals surface area (Å²) in [4.78, 5) is 0. The Morgan fingerprint density at radius 2 is 2.22 bits per heavy atom. The van der Waals surface area contributed by atoms with Gasteiger partial charge in [-0.1, -0.05) is 0 Å². The summed E-state index contributed by atoms with van der Waals surface area (Å²) in [5, 5.41) is 17.1. The maximum atomic E-state index is 8.54. The van der Waals surface area contributed by atoms with E-state index in [0.29, 0.717) is 17.3 Å². The van der Waals surface area contributed by atoms with Crippen molar-refractivity contribution in [1.82, 2.24) is 0 Å². The van der Waals surface area contributed by atoms with Gasteiger partial charge in [-0.25, -0.2) is 0 Å². The Kier molecular flexibility index (Phi) is 0.691. The lowest BCUT2D eigenvalue weighted by atomic mass is 10.3. The van der Waals surface area contributed by atoms with E-state index in [-0.39, 0.29) is 0 Å². The van der Waals surface area contributed by atoms with E-state index in [1.54, 1.807) is 0 Å². The molecule has 0 saturated carbocycles. The van der Waals surface area contributed by atoms with Gasteiger partial charge in [0.15, 0.2) is 6.29 Å². The average molecular weight is 128 g/mol. The molecule has 0 radical (unpaired) electrons. The van der Waals surface area contributed by atoms with Gasteiger partial charge in [0, 0.05) is 0 Å². The molecule has 4 heteroatoms. The molecule has 0 unspecified atom stereocenters. The highest BCUT2D eigenvalue weighted by molar-refractivity contribution is 5.53. The van der Waals surface area contributed by atoms with E-state index in [4.69, 9.17) is 10.2 Å². The van der Waals surface area contributed by atoms with Crippen LogP contribution in [0.3, 0.4) is 0 Å². The monoisotopic (exact) mass is 128 g/mol. The van der Waals surface area contributed by atoms with Crippen LogP contribution in [0.15, 0.2) is 10.7 Å². The molecule has 0 saturated heterocycles. The van der Waals surface area contributed by atoms with Crippen molar-refractivity contribution in [3.8, 4) is 11.7 Å². The zero-order valence-corrected chi connectivity index (χ0v) is 4.37. The van der Waals surface area contributed by atoms with Gasteiger partial charge in [-0.05, 0) is 0 Å². The Balaban J connectivity index is 2.42. The fraction of sp³-hybridized carbons (Fsp3) is 0.200. The van der Waals surface area contributed by atoms with Crippen LogP contribution in [0.2, 0.25) is 0 Å². The first kappa shape index (κ1) is 4.84. The standard InChI is InChI=1S/C5H4O4/c6-4(7)2-1-8-5-3(2)9-5/h1,4,6-7H. The van der Waals surface area contributed by atoms with Crippen LogP contribution in [-0.2, 0) is 0 Å². The molecule has 1 aromatic rings. The lowest BCUT2D eigenvalue weighted by molar-refractivity contribution is -0.0436. The lowest BCUT2D eigenvalue weighted by Crippen LogP contribution is -1.90. The lowest BCUT2D eigenvalue weighted by Gasteiger charge is -1.94. The molecule has 2 heterocycles. The van der Waals surface area contributed by atoms with E-state index in [0.717, 1.165) is 0 Å². The Labute approximate surface area is 50.3 Å². The molecule has 0 fully saturated rings. The number of furan rings is 1. The molecule has 1 aliphatic rings. The predicted octanol–water partition coefficient (Wildman–Crippen LogP) is 0.368. The van der Waals surface area contributed by atoms with Crippen LogP contribution in [0.1, 0.15) is 11.9 Å². The Morgan fingerprint density at radius 1 is 1.44 bits per heavy atom. The van der Waals surface area contributed by atoms with Gasteiger partial charge in [0.05, 0.1) is 5.56 Å². The van der Waals surface area contributed by atoms with Crippen molar-refractivity contribution in [2.75, 3.05) is 0 Å². The van der Waals surface area contributed by atoms with E-state index in [2.05, 4.69) is 9.15 Å². The second-order valence-electron chi connectivity index (χ2n) is 1.78. The number of aliphatic hydroxyl groups excluding tert-OH is 1. The zero-order chi connectivity index (χ0) is 6.43. The van der Waals surface area contributed by atoms with Crippen LogP contribution < -0.4 is 4.74 Å². The highest BCUT2D eigenvalue weighted by Crippen LogP contribution is 2.51. The first-order valence-corrected chi connectivity index (χ1v) is 2.44. The summed E-state index contributed by atoms with van der Waals surface area (Å²) in [6.07, 6.45) is -0.223. The van der Waals surface area contributed by atoms with Crippen LogP contribution in [0.25, 0.3) is 0 Å². The van der Waals surface area contributed by atoms with Crippen molar-refractivity contribution < 1.29 is 19.4 Å². The van der Waals surface area contributed by atoms with Crippen LogP contribution in [0, 0.1) is 0 Å². The minimum atomic E-state index is -1.49. The Morgan fingerprint density at radius 3 is 2.44 bits per heavy atom. The van der Waals surface area contributed by atoms with Gasteiger partial charge in [0.1, 0.15) is 6.26 Å². The van der Waals surface area contributed by atoms with E-state index < -0.39 is 6.29 Å². The molecular weight excluding hydrogens is 124 g/mol. The molecule has 1 aliphatic heterocycles. The van der Waals surface area contributed by atoms with Gasteiger partial charge in [0.25, 0.3) is 0 Å². The minimum Gasteiger partial charge on any atom is -0.431 e. The molecule has 0 atom stereocenters. The van der Waals surface area contributed by atoms with Crippen molar-refractivity contribution in [3.63, 3.8) is 0 Å². The Bertz CT molecular complexity index is 237. The van der Waals surface area contributed by atoms with Crippen LogP contribution in [-0.4, -0.2) is 10.2 Å². The topological polar surface area (TPSA) is 66.1 Å². The molecule has 9 heavy (non-hydrogen) atoms. The third-order valence-corrected chi connectivity index (χ3v) is 1.17. The largest absolute Gasteiger partial charge is 0.431 e. The molecule has 48 valence electrons. The van der Waals surface area contributed by atoms with Gasteiger partial charge in [-0.15, -0.1) is 0 Å². The SMILES string of the molecule is OC(O)c1coc2c1O2. The van der Waals surface area contributed by atoms with Crippen molar-refractivity contribution in [3.05, 3.63) is 11.8 Å². The quantitative estimate of drug-likeness (QED) is 0.430. The summed E-state index contributed by atoms with van der Waals surface area (Å²) in [6, 6.07) is 0. The first-order chi connectivity index (χ1) is 4.29. The van der Waals surface area contributed by atoms with Gasteiger partial charge in [-0.3, -0.25) is 0 Å². The summed E-state index contributed by atoms with van der Waals surface area (Å²) in [5.41, 5.74) is 0.296. The molecular formula is C5H4O4. The number of hydrogen-bond acceptors (Lipinski definition) is 4. The number of rotatable bonds is 1. The van der Waals surface area contributed by atoms with Gasteiger partial charge in [-0.2, -0.15) is 0 Å². The average Bonchev–Trinajstić information content (AvgIpc) is 2.43. The highest BCUT2D eigenvalue weighted by Gasteiger charge is 2.33. The van der Waals surface area contributed by atoms with Gasteiger partial charge >= 0.3 is 5.95 Å². The highest BCUT2D eigenvalue weighted by atomic mass is 16.7. The van der Waals surface area contributed by atoms with Crippen molar-refractivity contribution in [1.29, 1.82) is 0 Å². The summed E-state index contributed by atoms with van der Waals surface area (Å²) >= 11 is 0. The normalized spacial score (nSPS) is 13.2. The Hall–Kier alpha value is -1.00. The predicted molar refractivity (Wildman–Crippen MR) is 26.0 cm³/mol. The number of ether oxygens (including phenoxy) is 1. The summed E-state index contributed by atoms with van der Waals surface area (Å²) in [6.45, 7) is 0. The summed E-state index contributed by atoms with van der Waals surface area (Å²) < 4.78 is 9.33. The van der Waals surface area contributed by atoms with E-state index in [1.807, 2.05) is 0 Å². The molecule has 0 spiro atoms. The molecule has 2 N–H and O–H groups in total. The van der Waals surface area contributed by atoms with E-state index in [9.17, 15) is 0 Å². The third kappa shape index (κ3) is 0.540. The number of hydrogen-bond donors (Lipinski definition) is 2. The minimum absolute atomic E-state index is 0.296. The fourth-order valence-corrected chi connectivity index (χ4v) is 0.670. The van der Waals surface area contributed by atoms with Crippen molar-refractivity contribution in [2.45, 2.75) is 6.29 Å². The summed E-state index contributed by atoms with van der Waals surface area (Å²) in [7, 11) is 0. The molecule has 2 rings (SSSR count). The summed E-state index contributed by atoms with van der Waals surface area (Å²) in [5.74, 6) is 0.850. The molecule has 0 aromatic carbocycles. The molecule has 0 amide bonds. The second kappa shape index (κ2) is 1.29. The van der Waals surface area contributed by atoms with Gasteiger partial charge < -0.3 is 19.4 Å². The third-order valence-electron chi connectivity index (χ3n) is 1.17. The van der Waals surface area contributed by atoms with Crippen molar-refractivity contribution >= 4 is 0 Å². The maximum Gasteiger partial charge on any atom is 0.335 e. The fourth-order valence-electron chi connectivity index (χ4n) is 0.670. The molecule has 4 nitrogen and oxygen atoms in total. The zero-order valence-electron chi connectivity index (χ0n) is 4.37. The van der Waals surface area contributed by atoms with Crippen LogP contribution in [0.4, 0.5) is 0 Å². The first-order valence-electron chi connectivity index (χ1n) is 2.44. The van der Waals surface area contributed by atoms with Gasteiger partial charge in [0.2, 0.25) is 5.75 Å². The maximum absolute atomic E-state index is 8.54. The molecule has 0 bridgehead atoms. The molecule has 0 aliphatic carbocycles. The number of aliphatic hydroxyl groups is 2. The van der Waals surface area contributed by atoms with Crippen molar-refractivity contribution in [2.24, 2.45) is 0 Å².